The number of thiazole rings is 1. The van der Waals surface area contributed by atoms with Crippen molar-refractivity contribution in [2.75, 3.05) is 18.4 Å². The maximum Gasteiger partial charge on any atom is 0.306 e. The number of carboxylic acids is 1. The molecule has 0 saturated carbocycles. The molecule has 1 amide bonds. The number of piperidine rings is 1. The van der Waals surface area contributed by atoms with E-state index in [0.717, 1.165) is 10.8 Å². The van der Waals surface area contributed by atoms with Crippen LogP contribution in [0.25, 0.3) is 0 Å². The summed E-state index contributed by atoms with van der Waals surface area (Å²) < 4.78 is 0. The first kappa shape index (κ1) is 15.5. The van der Waals surface area contributed by atoms with Gasteiger partial charge in [0.1, 0.15) is 0 Å². The molecule has 7 heteroatoms. The lowest BCUT2D eigenvalue weighted by atomic mass is 9.96. The van der Waals surface area contributed by atoms with E-state index in [0.29, 0.717) is 31.5 Å². The molecular weight excluding hydrogens is 314 g/mol. The van der Waals surface area contributed by atoms with Gasteiger partial charge in [-0.05, 0) is 31.0 Å². The van der Waals surface area contributed by atoms with Crippen molar-refractivity contribution < 1.29 is 14.7 Å². The molecule has 120 valence electrons. The number of hydrogen-bond donors (Lipinski definition) is 2. The van der Waals surface area contributed by atoms with E-state index in [4.69, 9.17) is 5.11 Å². The number of nitrogens with zero attached hydrogens (tertiary/aromatic N) is 2. The quantitative estimate of drug-likeness (QED) is 0.900. The lowest BCUT2D eigenvalue weighted by Crippen LogP contribution is -2.40. The molecule has 6 nitrogen and oxygen atoms in total. The Hall–Kier alpha value is -2.41. The third kappa shape index (κ3) is 3.68. The van der Waals surface area contributed by atoms with Crippen LogP contribution in [-0.4, -0.2) is 40.0 Å². The molecule has 0 bridgehead atoms. The van der Waals surface area contributed by atoms with Crippen LogP contribution in [-0.2, 0) is 4.79 Å². The number of hydrogen-bond acceptors (Lipinski definition) is 5. The average molecular weight is 331 g/mol. The molecule has 2 N–H and O–H groups in total. The van der Waals surface area contributed by atoms with Gasteiger partial charge in [0.25, 0.3) is 5.91 Å². The summed E-state index contributed by atoms with van der Waals surface area (Å²) in [5.41, 5.74) is 1.41. The van der Waals surface area contributed by atoms with Crippen molar-refractivity contribution in [1.82, 2.24) is 9.88 Å². The summed E-state index contributed by atoms with van der Waals surface area (Å²) in [6, 6.07) is 7.29. The van der Waals surface area contributed by atoms with Gasteiger partial charge in [-0.25, -0.2) is 4.98 Å². The van der Waals surface area contributed by atoms with E-state index in [2.05, 4.69) is 10.3 Å². The fourth-order valence-electron chi connectivity index (χ4n) is 2.65. The van der Waals surface area contributed by atoms with Crippen molar-refractivity contribution >= 4 is 34.0 Å². The van der Waals surface area contributed by atoms with Gasteiger partial charge in [-0.1, -0.05) is 6.07 Å². The minimum atomic E-state index is -0.772. The molecule has 1 aromatic carbocycles. The monoisotopic (exact) mass is 331 g/mol. The molecule has 2 aromatic rings. The van der Waals surface area contributed by atoms with E-state index < -0.39 is 5.97 Å². The molecule has 3 rings (SSSR count). The van der Waals surface area contributed by atoms with Crippen molar-refractivity contribution in [2.24, 2.45) is 5.92 Å². The van der Waals surface area contributed by atoms with Crippen molar-refractivity contribution in [3.63, 3.8) is 0 Å². The van der Waals surface area contributed by atoms with Gasteiger partial charge >= 0.3 is 5.97 Å². The number of anilines is 2. The smallest absolute Gasteiger partial charge is 0.306 e. The molecule has 0 atom stereocenters. The van der Waals surface area contributed by atoms with E-state index in [9.17, 15) is 9.59 Å². The molecule has 0 spiro atoms. The third-order valence-corrected chi connectivity index (χ3v) is 4.61. The fourth-order valence-corrected chi connectivity index (χ4v) is 3.20. The highest BCUT2D eigenvalue weighted by Crippen LogP contribution is 2.22. The van der Waals surface area contributed by atoms with Gasteiger partial charge in [-0.2, -0.15) is 0 Å². The Balaban J connectivity index is 1.67. The zero-order valence-electron chi connectivity index (χ0n) is 12.4. The number of aliphatic carboxylic acids is 1. The molecule has 2 heterocycles. The highest BCUT2D eigenvalue weighted by atomic mass is 32.1. The lowest BCUT2D eigenvalue weighted by molar-refractivity contribution is -0.143. The largest absolute Gasteiger partial charge is 0.481 e. The Morgan fingerprint density at radius 2 is 2.09 bits per heavy atom. The minimum Gasteiger partial charge on any atom is -0.481 e. The summed E-state index contributed by atoms with van der Waals surface area (Å²) in [4.78, 5) is 29.4. The first-order valence-electron chi connectivity index (χ1n) is 7.42. The summed E-state index contributed by atoms with van der Waals surface area (Å²) >= 11 is 1.49. The van der Waals surface area contributed by atoms with Crippen molar-refractivity contribution in [3.05, 3.63) is 41.4 Å². The number of carbonyl (C=O) groups is 2. The van der Waals surface area contributed by atoms with Crippen LogP contribution in [0.1, 0.15) is 23.2 Å². The second kappa shape index (κ2) is 6.78. The number of aromatic nitrogens is 1. The highest BCUT2D eigenvalue weighted by molar-refractivity contribution is 7.13. The molecule has 0 aliphatic carbocycles. The van der Waals surface area contributed by atoms with Gasteiger partial charge in [0.15, 0.2) is 5.13 Å². The van der Waals surface area contributed by atoms with Crippen LogP contribution in [0.2, 0.25) is 0 Å². The van der Waals surface area contributed by atoms with E-state index in [-0.39, 0.29) is 11.8 Å². The van der Waals surface area contributed by atoms with Crippen LogP contribution in [0.3, 0.4) is 0 Å². The number of amides is 1. The Morgan fingerprint density at radius 1 is 1.30 bits per heavy atom. The summed E-state index contributed by atoms with van der Waals surface area (Å²) in [7, 11) is 0. The maximum atomic E-state index is 12.6. The van der Waals surface area contributed by atoms with Crippen LogP contribution in [0.5, 0.6) is 0 Å². The predicted molar refractivity (Wildman–Crippen MR) is 88.1 cm³/mol. The van der Waals surface area contributed by atoms with Gasteiger partial charge in [-0.3, -0.25) is 9.59 Å². The second-order valence-electron chi connectivity index (χ2n) is 5.45. The maximum absolute atomic E-state index is 12.6. The van der Waals surface area contributed by atoms with Gasteiger partial charge in [0.05, 0.1) is 5.92 Å². The number of rotatable bonds is 4. The standard InChI is InChI=1S/C16H17N3O3S/c20-14(19-7-4-11(5-8-19)15(21)22)12-2-1-3-13(10-12)18-16-17-6-9-23-16/h1-3,6,9-11H,4-5,7-8H2,(H,17,18)(H,21,22). The van der Waals surface area contributed by atoms with E-state index in [1.165, 1.54) is 11.3 Å². The molecule has 1 aliphatic rings. The van der Waals surface area contributed by atoms with Crippen molar-refractivity contribution in [2.45, 2.75) is 12.8 Å². The van der Waals surface area contributed by atoms with Gasteiger partial charge in [0, 0.05) is 35.9 Å². The lowest BCUT2D eigenvalue weighted by Gasteiger charge is -2.30. The highest BCUT2D eigenvalue weighted by Gasteiger charge is 2.27. The molecule has 1 fully saturated rings. The van der Waals surface area contributed by atoms with E-state index in [1.807, 2.05) is 17.5 Å². The zero-order chi connectivity index (χ0) is 16.2. The van der Waals surface area contributed by atoms with Crippen LogP contribution in [0.15, 0.2) is 35.8 Å². The SMILES string of the molecule is O=C(O)C1CCN(C(=O)c2cccc(Nc3nccs3)c2)CC1. The van der Waals surface area contributed by atoms with Crippen LogP contribution >= 0.6 is 11.3 Å². The molecular formula is C16H17N3O3S. The Bertz CT molecular complexity index is 694. The fraction of sp³-hybridized carbons (Fsp3) is 0.312. The minimum absolute atomic E-state index is 0.0587. The second-order valence-corrected chi connectivity index (χ2v) is 6.34. The summed E-state index contributed by atoms with van der Waals surface area (Å²) in [6.45, 7) is 0.972. The zero-order valence-corrected chi connectivity index (χ0v) is 13.3. The summed E-state index contributed by atoms with van der Waals surface area (Å²) in [5.74, 6) is -1.17. The van der Waals surface area contributed by atoms with Gasteiger partial charge < -0.3 is 15.3 Å². The summed E-state index contributed by atoms with van der Waals surface area (Å²) in [6.07, 6.45) is 2.74. The Kier molecular flexibility index (Phi) is 4.57. The number of carbonyl (C=O) groups excluding carboxylic acids is 1. The predicted octanol–water partition coefficient (Wildman–Crippen LogP) is 2.82. The third-order valence-electron chi connectivity index (χ3n) is 3.92. The molecule has 23 heavy (non-hydrogen) atoms. The molecule has 0 radical (unpaired) electrons. The normalized spacial score (nSPS) is 15.4. The van der Waals surface area contributed by atoms with Gasteiger partial charge in [-0.15, -0.1) is 11.3 Å². The Labute approximate surface area is 137 Å². The van der Waals surface area contributed by atoms with Crippen LogP contribution in [0, 0.1) is 5.92 Å². The average Bonchev–Trinajstić information content (AvgIpc) is 3.07. The van der Waals surface area contributed by atoms with Crippen molar-refractivity contribution in [3.8, 4) is 0 Å². The summed E-state index contributed by atoms with van der Waals surface area (Å²) in [5, 5.41) is 14.8. The molecule has 1 aliphatic heterocycles. The molecule has 1 saturated heterocycles. The number of carboxylic acid groups (broad SMARTS) is 1. The van der Waals surface area contributed by atoms with Crippen LogP contribution < -0.4 is 5.32 Å². The molecule has 1 aromatic heterocycles. The first-order valence-corrected chi connectivity index (χ1v) is 8.30. The number of benzene rings is 1. The first-order chi connectivity index (χ1) is 11.1. The number of nitrogens with one attached hydrogen (secondary N) is 1. The van der Waals surface area contributed by atoms with Crippen LogP contribution in [0.4, 0.5) is 10.8 Å². The van der Waals surface area contributed by atoms with E-state index in [1.54, 1.807) is 23.2 Å². The van der Waals surface area contributed by atoms with Crippen molar-refractivity contribution in [1.29, 1.82) is 0 Å². The molecule has 0 unspecified atom stereocenters. The van der Waals surface area contributed by atoms with E-state index >= 15 is 0 Å². The topological polar surface area (TPSA) is 82.5 Å². The van der Waals surface area contributed by atoms with Gasteiger partial charge in [0.2, 0.25) is 0 Å². The number of likely N-dealkylation sites (tertiary alicyclic amines) is 1. The Morgan fingerprint density at radius 3 is 2.74 bits per heavy atom.